The molecule has 2 atom stereocenters. The first-order valence-corrected chi connectivity index (χ1v) is 6.90. The molecule has 0 aromatic rings. The maximum atomic E-state index is 11.5. The highest BCUT2D eigenvalue weighted by molar-refractivity contribution is 7.84. The third-order valence-corrected chi connectivity index (χ3v) is 5.64. The third kappa shape index (κ3) is 2.13. The van der Waals surface area contributed by atoms with Gasteiger partial charge in [0.1, 0.15) is 9.49 Å². The minimum absolute atomic E-state index is 0.519. The van der Waals surface area contributed by atoms with Crippen LogP contribution in [0.1, 0.15) is 46.0 Å². The van der Waals surface area contributed by atoms with E-state index in [1.807, 2.05) is 0 Å². The fraction of sp³-hybridized carbons (Fsp3) is 0.833. The maximum Gasteiger partial charge on any atom is 0.319 e. The van der Waals surface area contributed by atoms with Crippen LogP contribution in [-0.4, -0.2) is 31.6 Å². The number of carboxylic acid groups (broad SMARTS) is 2. The number of rotatable bonds is 4. The Balaban J connectivity index is 3.35. The minimum Gasteiger partial charge on any atom is -0.480 e. The number of thiol groups is 2. The molecule has 0 bridgehead atoms. The second-order valence-electron chi connectivity index (χ2n) is 5.40. The van der Waals surface area contributed by atoms with Gasteiger partial charge in [0.2, 0.25) is 0 Å². The molecule has 104 valence electrons. The Hall–Kier alpha value is -0.360. The van der Waals surface area contributed by atoms with E-state index in [-0.39, 0.29) is 0 Å². The van der Waals surface area contributed by atoms with E-state index >= 15 is 0 Å². The quantitative estimate of drug-likeness (QED) is 0.601. The van der Waals surface area contributed by atoms with Crippen LogP contribution in [0.3, 0.4) is 0 Å². The fourth-order valence-electron chi connectivity index (χ4n) is 3.01. The van der Waals surface area contributed by atoms with Crippen LogP contribution in [0.2, 0.25) is 0 Å². The molecule has 0 heterocycles. The second kappa shape index (κ2) is 4.96. The van der Waals surface area contributed by atoms with Gasteiger partial charge in [-0.1, -0.05) is 19.3 Å². The lowest BCUT2D eigenvalue weighted by atomic mass is 9.58. The first kappa shape index (κ1) is 15.7. The standard InChI is InChI=1S/C12H20O4S2/c1-10(17,8(13)14)12(6-4-3-5-7-12)11(2,18)9(15)16/h17-18H,3-7H2,1-2H3,(H,13,14)(H,15,16). The van der Waals surface area contributed by atoms with Crippen LogP contribution in [0.15, 0.2) is 0 Å². The summed E-state index contributed by atoms with van der Waals surface area (Å²) in [6, 6.07) is 0. The molecule has 0 aliphatic heterocycles. The fourth-order valence-corrected chi connectivity index (χ4v) is 3.99. The smallest absolute Gasteiger partial charge is 0.319 e. The van der Waals surface area contributed by atoms with Crippen LogP contribution in [0, 0.1) is 5.41 Å². The van der Waals surface area contributed by atoms with Crippen molar-refractivity contribution in [2.24, 2.45) is 5.41 Å². The lowest BCUT2D eigenvalue weighted by Crippen LogP contribution is -2.61. The summed E-state index contributed by atoms with van der Waals surface area (Å²) >= 11 is 8.57. The number of carboxylic acids is 2. The molecule has 1 aliphatic rings. The highest BCUT2D eigenvalue weighted by Gasteiger charge is 2.62. The van der Waals surface area contributed by atoms with Crippen molar-refractivity contribution >= 4 is 37.2 Å². The van der Waals surface area contributed by atoms with E-state index < -0.39 is 26.8 Å². The van der Waals surface area contributed by atoms with Crippen LogP contribution < -0.4 is 0 Å². The van der Waals surface area contributed by atoms with Crippen molar-refractivity contribution in [3.63, 3.8) is 0 Å². The molecular formula is C12H20O4S2. The van der Waals surface area contributed by atoms with Crippen molar-refractivity contribution in [2.75, 3.05) is 0 Å². The van der Waals surface area contributed by atoms with E-state index in [1.165, 1.54) is 13.8 Å². The zero-order valence-corrected chi connectivity index (χ0v) is 12.4. The van der Waals surface area contributed by atoms with E-state index in [2.05, 4.69) is 25.3 Å². The van der Waals surface area contributed by atoms with Gasteiger partial charge in [0.05, 0.1) is 0 Å². The summed E-state index contributed by atoms with van der Waals surface area (Å²) in [6.07, 6.45) is 3.66. The minimum atomic E-state index is -1.41. The molecule has 0 radical (unpaired) electrons. The van der Waals surface area contributed by atoms with Crippen molar-refractivity contribution in [1.29, 1.82) is 0 Å². The zero-order chi connectivity index (χ0) is 14.2. The molecule has 2 unspecified atom stereocenters. The van der Waals surface area contributed by atoms with E-state index in [9.17, 15) is 19.8 Å². The molecule has 18 heavy (non-hydrogen) atoms. The summed E-state index contributed by atoms with van der Waals surface area (Å²) in [5.74, 6) is -2.18. The largest absolute Gasteiger partial charge is 0.480 e. The molecular weight excluding hydrogens is 272 g/mol. The third-order valence-electron chi connectivity index (χ3n) is 4.40. The van der Waals surface area contributed by atoms with Crippen LogP contribution in [0.5, 0.6) is 0 Å². The number of hydrogen-bond donors (Lipinski definition) is 4. The highest BCUT2D eigenvalue weighted by atomic mass is 32.1. The zero-order valence-electron chi connectivity index (χ0n) is 10.6. The Morgan fingerprint density at radius 2 is 1.28 bits per heavy atom. The van der Waals surface area contributed by atoms with Crippen molar-refractivity contribution in [1.82, 2.24) is 0 Å². The number of aliphatic carboxylic acids is 2. The van der Waals surface area contributed by atoms with E-state index in [0.717, 1.165) is 19.3 Å². The lowest BCUT2D eigenvalue weighted by molar-refractivity contribution is -0.151. The van der Waals surface area contributed by atoms with Crippen LogP contribution >= 0.6 is 25.3 Å². The van der Waals surface area contributed by atoms with Gasteiger partial charge >= 0.3 is 11.9 Å². The molecule has 2 N–H and O–H groups in total. The average molecular weight is 292 g/mol. The summed E-state index contributed by atoms with van der Waals surface area (Å²) in [6.45, 7) is 2.97. The van der Waals surface area contributed by atoms with Crippen molar-refractivity contribution in [3.05, 3.63) is 0 Å². The first-order chi connectivity index (χ1) is 8.09. The Labute approximate surface area is 118 Å². The van der Waals surface area contributed by atoms with Crippen LogP contribution in [-0.2, 0) is 9.59 Å². The van der Waals surface area contributed by atoms with Gasteiger partial charge in [0, 0.05) is 5.41 Å². The van der Waals surface area contributed by atoms with Gasteiger partial charge in [-0.05, 0) is 26.7 Å². The molecule has 0 amide bonds. The van der Waals surface area contributed by atoms with Gasteiger partial charge < -0.3 is 10.2 Å². The second-order valence-corrected chi connectivity index (χ2v) is 7.19. The van der Waals surface area contributed by atoms with Crippen molar-refractivity contribution in [2.45, 2.75) is 55.4 Å². The van der Waals surface area contributed by atoms with Crippen molar-refractivity contribution < 1.29 is 19.8 Å². The molecule has 6 heteroatoms. The number of carbonyl (C=O) groups is 2. The molecule has 0 saturated heterocycles. The normalized spacial score (nSPS) is 25.8. The number of hydrogen-bond acceptors (Lipinski definition) is 4. The molecule has 1 rings (SSSR count). The SMILES string of the molecule is CC(S)(C(=O)O)C1(C(C)(S)C(=O)O)CCCCC1. The predicted octanol–water partition coefficient (Wildman–Crippen LogP) is 2.48. The molecule has 1 fully saturated rings. The lowest BCUT2D eigenvalue weighted by Gasteiger charge is -2.52. The predicted molar refractivity (Wildman–Crippen MR) is 75.6 cm³/mol. The Morgan fingerprint density at radius 1 is 0.944 bits per heavy atom. The average Bonchev–Trinajstić information content (AvgIpc) is 2.29. The molecule has 4 nitrogen and oxygen atoms in total. The Morgan fingerprint density at radius 3 is 1.56 bits per heavy atom. The molecule has 1 aliphatic carbocycles. The van der Waals surface area contributed by atoms with Crippen LogP contribution in [0.4, 0.5) is 0 Å². The molecule has 0 spiro atoms. The van der Waals surface area contributed by atoms with Gasteiger partial charge in [-0.2, -0.15) is 25.3 Å². The molecule has 1 saturated carbocycles. The summed E-state index contributed by atoms with van der Waals surface area (Å²) in [5, 5.41) is 18.8. The maximum absolute atomic E-state index is 11.5. The highest BCUT2D eigenvalue weighted by Crippen LogP contribution is 2.57. The van der Waals surface area contributed by atoms with E-state index in [4.69, 9.17) is 0 Å². The Kier molecular flexibility index (Phi) is 4.33. The van der Waals surface area contributed by atoms with Gasteiger partial charge in [-0.15, -0.1) is 0 Å². The first-order valence-electron chi connectivity index (χ1n) is 6.01. The van der Waals surface area contributed by atoms with Gasteiger partial charge in [-0.3, -0.25) is 9.59 Å². The van der Waals surface area contributed by atoms with Crippen LogP contribution in [0.25, 0.3) is 0 Å². The molecule has 0 aromatic carbocycles. The summed E-state index contributed by atoms with van der Waals surface area (Å²) in [5.41, 5.74) is -0.956. The topological polar surface area (TPSA) is 74.6 Å². The summed E-state index contributed by atoms with van der Waals surface area (Å²) in [7, 11) is 0. The Bertz CT molecular complexity index is 329. The van der Waals surface area contributed by atoms with E-state index in [1.54, 1.807) is 0 Å². The van der Waals surface area contributed by atoms with Crippen molar-refractivity contribution in [3.8, 4) is 0 Å². The van der Waals surface area contributed by atoms with E-state index in [0.29, 0.717) is 12.8 Å². The summed E-state index contributed by atoms with van der Waals surface area (Å²) in [4.78, 5) is 23.0. The molecule has 0 aromatic heterocycles. The van der Waals surface area contributed by atoms with Gasteiger partial charge in [-0.25, -0.2) is 0 Å². The monoisotopic (exact) mass is 292 g/mol. The summed E-state index contributed by atoms with van der Waals surface area (Å²) < 4.78 is -2.83. The van der Waals surface area contributed by atoms with Gasteiger partial charge in [0.25, 0.3) is 0 Å². The van der Waals surface area contributed by atoms with Gasteiger partial charge in [0.15, 0.2) is 0 Å².